The topological polar surface area (TPSA) is 93.1 Å². The summed E-state index contributed by atoms with van der Waals surface area (Å²) in [5.74, 6) is -2.84. The van der Waals surface area contributed by atoms with Crippen LogP contribution < -0.4 is 0 Å². The molecule has 1 amide bonds. The third-order valence-electron chi connectivity index (χ3n) is 3.16. The Hall–Kier alpha value is -2.67. The fraction of sp³-hybridized carbons (Fsp3) is 0.267. The van der Waals surface area contributed by atoms with Crippen molar-refractivity contribution in [1.82, 2.24) is 5.06 Å². The second-order valence-electron chi connectivity index (χ2n) is 4.59. The summed E-state index contributed by atoms with van der Waals surface area (Å²) >= 11 is 0. The Labute approximate surface area is 126 Å². The summed E-state index contributed by atoms with van der Waals surface area (Å²) in [6.45, 7) is 0.0187. The van der Waals surface area contributed by atoms with Crippen LogP contribution in [0, 0.1) is 0 Å². The molecule has 1 heterocycles. The maximum Gasteiger partial charge on any atom is 0.343 e. The van der Waals surface area contributed by atoms with E-state index in [9.17, 15) is 19.5 Å². The van der Waals surface area contributed by atoms with E-state index in [0.29, 0.717) is 0 Å². The van der Waals surface area contributed by atoms with E-state index >= 15 is 0 Å². The molecule has 116 valence electrons. The van der Waals surface area contributed by atoms with Crippen molar-refractivity contribution in [2.75, 3.05) is 7.11 Å². The first-order valence-corrected chi connectivity index (χ1v) is 6.56. The molecular weight excluding hydrogens is 290 g/mol. The van der Waals surface area contributed by atoms with Gasteiger partial charge in [0, 0.05) is 6.42 Å². The van der Waals surface area contributed by atoms with Gasteiger partial charge < -0.3 is 9.84 Å². The quantitative estimate of drug-likeness (QED) is 0.642. The number of esters is 1. The van der Waals surface area contributed by atoms with Gasteiger partial charge in [0.2, 0.25) is 0 Å². The highest BCUT2D eigenvalue weighted by molar-refractivity contribution is 6.17. The van der Waals surface area contributed by atoms with Crippen LogP contribution in [0.4, 0.5) is 0 Å². The molecule has 1 N–H and O–H groups in total. The largest absolute Gasteiger partial charge is 0.480 e. The van der Waals surface area contributed by atoms with Crippen LogP contribution in [0.3, 0.4) is 0 Å². The lowest BCUT2D eigenvalue weighted by Crippen LogP contribution is -2.48. The monoisotopic (exact) mass is 305 g/mol. The van der Waals surface area contributed by atoms with Gasteiger partial charge in [-0.15, -0.1) is 0 Å². The number of carboxylic acid groups (broad SMARTS) is 1. The lowest BCUT2D eigenvalue weighted by atomic mass is 10.0. The minimum atomic E-state index is -1.21. The van der Waals surface area contributed by atoms with Crippen molar-refractivity contribution in [1.29, 1.82) is 0 Å². The molecular formula is C15H15NO6. The average Bonchev–Trinajstić information content (AvgIpc) is 2.53. The van der Waals surface area contributed by atoms with Crippen molar-refractivity contribution in [2.45, 2.75) is 19.1 Å². The minimum Gasteiger partial charge on any atom is -0.480 e. The Morgan fingerprint density at radius 1 is 1.32 bits per heavy atom. The van der Waals surface area contributed by atoms with Gasteiger partial charge in [0.25, 0.3) is 5.91 Å². The van der Waals surface area contributed by atoms with Gasteiger partial charge in [-0.25, -0.2) is 14.7 Å². The Balaban J connectivity index is 2.17. The highest BCUT2D eigenvalue weighted by atomic mass is 16.7. The Morgan fingerprint density at radius 2 is 2.00 bits per heavy atom. The molecule has 1 aliphatic heterocycles. The third-order valence-corrected chi connectivity index (χ3v) is 3.16. The zero-order chi connectivity index (χ0) is 16.1. The Bertz CT molecular complexity index is 610. The van der Waals surface area contributed by atoms with Crippen LogP contribution in [0.1, 0.15) is 12.0 Å². The SMILES string of the molecule is COC(=O)C1=CCC(C(=O)O)N(OCc2ccccc2)C1=O. The molecule has 0 saturated carbocycles. The number of nitrogens with zero attached hydrogens (tertiary/aromatic N) is 1. The van der Waals surface area contributed by atoms with Gasteiger partial charge in [0.1, 0.15) is 12.2 Å². The van der Waals surface area contributed by atoms with Gasteiger partial charge in [-0.1, -0.05) is 36.4 Å². The van der Waals surface area contributed by atoms with Gasteiger partial charge in [0.05, 0.1) is 7.11 Å². The van der Waals surface area contributed by atoms with Gasteiger partial charge in [-0.3, -0.25) is 9.63 Å². The van der Waals surface area contributed by atoms with E-state index in [1.54, 1.807) is 24.3 Å². The van der Waals surface area contributed by atoms with E-state index in [-0.39, 0.29) is 18.6 Å². The predicted octanol–water partition coefficient (Wildman–Crippen LogP) is 0.903. The standard InChI is InChI=1S/C15H15NO6/c1-21-15(20)11-7-8-12(14(18)19)16(13(11)17)22-9-10-5-3-2-4-6-10/h2-7,12H,8-9H2,1H3,(H,18,19). The highest BCUT2D eigenvalue weighted by Gasteiger charge is 2.38. The molecule has 0 saturated heterocycles. The van der Waals surface area contributed by atoms with Crippen molar-refractivity contribution in [3.05, 3.63) is 47.5 Å². The van der Waals surface area contributed by atoms with E-state index < -0.39 is 23.9 Å². The van der Waals surface area contributed by atoms with Gasteiger partial charge in [0.15, 0.2) is 6.04 Å². The number of hydrogen-bond acceptors (Lipinski definition) is 5. The zero-order valence-corrected chi connectivity index (χ0v) is 11.9. The molecule has 7 nitrogen and oxygen atoms in total. The average molecular weight is 305 g/mol. The van der Waals surface area contributed by atoms with E-state index in [4.69, 9.17) is 4.84 Å². The van der Waals surface area contributed by atoms with Gasteiger partial charge in [-0.2, -0.15) is 0 Å². The summed E-state index contributed by atoms with van der Waals surface area (Å²) in [5.41, 5.74) is 0.543. The third kappa shape index (κ3) is 3.32. The molecule has 2 rings (SSSR count). The number of ether oxygens (including phenoxy) is 1. The molecule has 1 unspecified atom stereocenters. The fourth-order valence-corrected chi connectivity index (χ4v) is 2.02. The van der Waals surface area contributed by atoms with E-state index in [2.05, 4.69) is 4.74 Å². The molecule has 0 aromatic heterocycles. The number of methoxy groups -OCH3 is 1. The van der Waals surface area contributed by atoms with E-state index in [1.807, 2.05) is 6.07 Å². The number of aliphatic carboxylic acids is 1. The summed E-state index contributed by atoms with van der Waals surface area (Å²) < 4.78 is 4.51. The highest BCUT2D eigenvalue weighted by Crippen LogP contribution is 2.20. The molecule has 0 bridgehead atoms. The maximum atomic E-state index is 12.2. The van der Waals surface area contributed by atoms with Crippen molar-refractivity contribution in [3.8, 4) is 0 Å². The van der Waals surface area contributed by atoms with Crippen LogP contribution in [-0.2, 0) is 30.6 Å². The molecule has 7 heteroatoms. The van der Waals surface area contributed by atoms with Crippen LogP contribution in [0.15, 0.2) is 42.0 Å². The van der Waals surface area contributed by atoms with Crippen LogP contribution >= 0.6 is 0 Å². The van der Waals surface area contributed by atoms with Gasteiger partial charge >= 0.3 is 11.9 Å². The van der Waals surface area contributed by atoms with Crippen LogP contribution in [0.25, 0.3) is 0 Å². The molecule has 1 aromatic rings. The van der Waals surface area contributed by atoms with Crippen LogP contribution in [0.2, 0.25) is 0 Å². The number of carboxylic acids is 1. The van der Waals surface area contributed by atoms with Crippen molar-refractivity contribution >= 4 is 17.8 Å². The number of benzene rings is 1. The smallest absolute Gasteiger partial charge is 0.343 e. The first kappa shape index (κ1) is 15.7. The molecule has 0 radical (unpaired) electrons. The van der Waals surface area contributed by atoms with Crippen LogP contribution in [0.5, 0.6) is 0 Å². The van der Waals surface area contributed by atoms with Crippen molar-refractivity contribution in [2.24, 2.45) is 0 Å². The minimum absolute atomic E-state index is 0.0187. The molecule has 0 fully saturated rings. The van der Waals surface area contributed by atoms with E-state index in [1.165, 1.54) is 6.08 Å². The second-order valence-corrected chi connectivity index (χ2v) is 4.59. The predicted molar refractivity (Wildman–Crippen MR) is 74.2 cm³/mol. The number of carbonyl (C=O) groups excluding carboxylic acids is 2. The number of rotatable bonds is 5. The number of hydrogen-bond donors (Lipinski definition) is 1. The summed E-state index contributed by atoms with van der Waals surface area (Å²) in [6, 6.07) is 7.80. The van der Waals surface area contributed by atoms with Crippen molar-refractivity contribution in [3.63, 3.8) is 0 Å². The van der Waals surface area contributed by atoms with Crippen molar-refractivity contribution < 1.29 is 29.1 Å². The molecule has 0 aliphatic carbocycles. The zero-order valence-electron chi connectivity index (χ0n) is 11.9. The normalized spacial score (nSPS) is 17.9. The number of hydroxylamine groups is 2. The molecule has 1 atom stereocenters. The molecule has 1 aromatic carbocycles. The van der Waals surface area contributed by atoms with Crippen LogP contribution in [-0.4, -0.2) is 41.2 Å². The summed E-state index contributed by atoms with van der Waals surface area (Å²) in [5, 5.41) is 9.91. The maximum absolute atomic E-state index is 12.2. The number of amides is 1. The Kier molecular flexibility index (Phi) is 4.90. The molecule has 1 aliphatic rings. The van der Waals surface area contributed by atoms with E-state index in [0.717, 1.165) is 17.7 Å². The summed E-state index contributed by atoms with van der Waals surface area (Å²) in [6.07, 6.45) is 1.23. The lowest BCUT2D eigenvalue weighted by Gasteiger charge is -2.30. The first-order chi connectivity index (χ1) is 10.5. The fourth-order valence-electron chi connectivity index (χ4n) is 2.02. The Morgan fingerprint density at radius 3 is 2.59 bits per heavy atom. The van der Waals surface area contributed by atoms with Gasteiger partial charge in [-0.05, 0) is 5.56 Å². The second kappa shape index (κ2) is 6.86. The lowest BCUT2D eigenvalue weighted by molar-refractivity contribution is -0.210. The molecule has 0 spiro atoms. The summed E-state index contributed by atoms with van der Waals surface area (Å²) in [4.78, 5) is 40.3. The first-order valence-electron chi connectivity index (χ1n) is 6.56. The number of carbonyl (C=O) groups is 3. The molecule has 22 heavy (non-hydrogen) atoms. The summed E-state index contributed by atoms with van der Waals surface area (Å²) in [7, 11) is 1.15.